The summed E-state index contributed by atoms with van der Waals surface area (Å²) < 4.78 is 10.5. The molecule has 0 spiro atoms. The summed E-state index contributed by atoms with van der Waals surface area (Å²) in [5.74, 6) is 1.24. The van der Waals surface area contributed by atoms with Gasteiger partial charge in [-0.05, 0) is 42.0 Å². The summed E-state index contributed by atoms with van der Waals surface area (Å²) in [5, 5.41) is 16.9. The minimum Gasteiger partial charge on any atom is -0.497 e. The van der Waals surface area contributed by atoms with Crippen LogP contribution in [0.5, 0.6) is 5.75 Å². The number of hydrogen-bond donors (Lipinski definition) is 3. The highest BCUT2D eigenvalue weighted by molar-refractivity contribution is 6.31. The first-order chi connectivity index (χ1) is 16.6. The Morgan fingerprint density at radius 1 is 0.886 bits per heavy atom. The van der Waals surface area contributed by atoms with E-state index >= 15 is 0 Å². The van der Waals surface area contributed by atoms with Crippen molar-refractivity contribution in [2.24, 2.45) is 0 Å². The van der Waals surface area contributed by atoms with Gasteiger partial charge >= 0.3 is 6.09 Å². The topological polar surface area (TPSA) is 110 Å². The van der Waals surface area contributed by atoms with Crippen LogP contribution in [0.3, 0.4) is 0 Å². The van der Waals surface area contributed by atoms with Gasteiger partial charge in [0.1, 0.15) is 12.4 Å². The predicted molar refractivity (Wildman–Crippen MR) is 138 cm³/mol. The molecule has 1 heterocycles. The fraction of sp³-hybridized carbons (Fsp3) is 0.0833. The lowest BCUT2D eigenvalue weighted by Gasteiger charge is -2.14. The quantitative estimate of drug-likeness (QED) is 0.256. The van der Waals surface area contributed by atoms with Gasteiger partial charge in [-0.2, -0.15) is 4.98 Å². The van der Waals surface area contributed by atoms with Crippen molar-refractivity contribution in [1.29, 1.82) is 0 Å². The van der Waals surface area contributed by atoms with E-state index < -0.39 is 6.09 Å². The highest BCUT2D eigenvalue weighted by atomic mass is 35.5. The molecule has 0 saturated carbocycles. The maximum Gasteiger partial charge on any atom is 0.412 e. The van der Waals surface area contributed by atoms with E-state index in [1.54, 1.807) is 25.3 Å². The second kappa shape index (κ2) is 12.4. The number of carbonyl (C=O) groups excluding carboxylic acids is 1. The molecule has 0 saturated heterocycles. The number of benzene rings is 3. The molecule has 0 fully saturated rings. The van der Waals surface area contributed by atoms with Gasteiger partial charge in [0.2, 0.25) is 5.95 Å². The van der Waals surface area contributed by atoms with Gasteiger partial charge in [0.15, 0.2) is 11.0 Å². The van der Waals surface area contributed by atoms with E-state index in [1.807, 2.05) is 60.7 Å². The molecule has 4 rings (SSSR count). The maximum absolute atomic E-state index is 12.3. The van der Waals surface area contributed by atoms with Crippen LogP contribution in [-0.2, 0) is 11.3 Å². The second-order valence-electron chi connectivity index (χ2n) is 6.99. The first kappa shape index (κ1) is 25.5. The summed E-state index contributed by atoms with van der Waals surface area (Å²) in [6.45, 7) is 0.157. The van der Waals surface area contributed by atoms with Crippen LogP contribution >= 0.6 is 24.0 Å². The number of hydrogen-bond acceptors (Lipinski definition) is 8. The van der Waals surface area contributed by atoms with Gasteiger partial charge in [0.05, 0.1) is 18.5 Å². The molecule has 1 aromatic heterocycles. The number of aromatic nitrogens is 3. The first-order valence-electron chi connectivity index (χ1n) is 10.3. The van der Waals surface area contributed by atoms with Crippen molar-refractivity contribution in [3.05, 3.63) is 89.6 Å². The lowest BCUT2D eigenvalue weighted by atomic mass is 10.2. The Hall–Kier alpha value is -4.08. The molecule has 35 heavy (non-hydrogen) atoms. The van der Waals surface area contributed by atoms with Crippen LogP contribution < -0.4 is 20.7 Å². The third kappa shape index (κ3) is 7.20. The molecule has 3 aromatic carbocycles. The van der Waals surface area contributed by atoms with E-state index in [9.17, 15) is 4.79 Å². The third-order valence-corrected chi connectivity index (χ3v) is 4.88. The Balaban J connectivity index is 0.00000342. The van der Waals surface area contributed by atoms with E-state index in [4.69, 9.17) is 21.1 Å². The van der Waals surface area contributed by atoms with Crippen molar-refractivity contribution in [2.45, 2.75) is 6.61 Å². The molecule has 0 aliphatic carbocycles. The second-order valence-corrected chi connectivity index (χ2v) is 7.34. The molecule has 0 radical (unpaired) electrons. The lowest BCUT2D eigenvalue weighted by Crippen LogP contribution is -2.14. The maximum atomic E-state index is 12.3. The van der Waals surface area contributed by atoms with Gasteiger partial charge in [0.25, 0.3) is 0 Å². The zero-order chi connectivity index (χ0) is 23.8. The van der Waals surface area contributed by atoms with Crippen LogP contribution in [-0.4, -0.2) is 28.4 Å². The van der Waals surface area contributed by atoms with Crippen molar-refractivity contribution in [3.63, 3.8) is 0 Å². The van der Waals surface area contributed by atoms with Crippen LogP contribution in [0.2, 0.25) is 5.15 Å². The number of methoxy groups -OCH3 is 1. The number of anilines is 5. The number of halogens is 2. The zero-order valence-electron chi connectivity index (χ0n) is 18.6. The molecular formula is C24H22Cl2N6O3. The van der Waals surface area contributed by atoms with E-state index in [0.29, 0.717) is 11.4 Å². The summed E-state index contributed by atoms with van der Waals surface area (Å²) in [7, 11) is 1.60. The van der Waals surface area contributed by atoms with Crippen LogP contribution in [0.25, 0.3) is 0 Å². The number of amides is 1. The summed E-state index contributed by atoms with van der Waals surface area (Å²) in [5.41, 5.74) is 2.68. The number of ether oxygens (including phenoxy) is 2. The SMILES string of the molecule is COc1ccc(Nc2nnc(Cl)c(Nc3ccccc3NC(=O)OCc3ccccc3)n2)cc1.Cl. The molecule has 0 aliphatic heterocycles. The van der Waals surface area contributed by atoms with E-state index in [0.717, 1.165) is 17.0 Å². The molecule has 9 nitrogen and oxygen atoms in total. The fourth-order valence-corrected chi connectivity index (χ4v) is 3.07. The Morgan fingerprint density at radius 3 is 2.29 bits per heavy atom. The number of nitrogens with one attached hydrogen (secondary N) is 3. The smallest absolute Gasteiger partial charge is 0.412 e. The Bertz CT molecular complexity index is 1260. The summed E-state index contributed by atoms with van der Waals surface area (Å²) in [6, 6.07) is 23.8. The largest absolute Gasteiger partial charge is 0.497 e. The van der Waals surface area contributed by atoms with Crippen molar-refractivity contribution < 1.29 is 14.3 Å². The minimum absolute atomic E-state index is 0. The number of para-hydroxylation sites is 2. The molecule has 0 bridgehead atoms. The van der Waals surface area contributed by atoms with Crippen LogP contribution in [0, 0.1) is 0 Å². The number of rotatable bonds is 8. The van der Waals surface area contributed by atoms with Crippen molar-refractivity contribution in [1.82, 2.24) is 15.2 Å². The Labute approximate surface area is 213 Å². The van der Waals surface area contributed by atoms with Gasteiger partial charge in [-0.15, -0.1) is 22.6 Å². The molecule has 0 aliphatic rings. The van der Waals surface area contributed by atoms with Gasteiger partial charge in [-0.25, -0.2) is 4.79 Å². The van der Waals surface area contributed by atoms with Crippen molar-refractivity contribution in [2.75, 3.05) is 23.1 Å². The summed E-state index contributed by atoms with van der Waals surface area (Å²) >= 11 is 6.21. The third-order valence-electron chi connectivity index (χ3n) is 4.62. The van der Waals surface area contributed by atoms with Gasteiger partial charge in [-0.3, -0.25) is 5.32 Å². The monoisotopic (exact) mass is 512 g/mol. The molecule has 3 N–H and O–H groups in total. The zero-order valence-corrected chi connectivity index (χ0v) is 20.1. The van der Waals surface area contributed by atoms with Crippen molar-refractivity contribution >= 4 is 58.9 Å². The van der Waals surface area contributed by atoms with Crippen LogP contribution in [0.4, 0.5) is 33.6 Å². The standard InChI is InChI=1S/C24H21ClN6O3.ClH/c1-33-18-13-11-17(12-14-18)26-23-29-22(21(25)30-31-23)27-19-9-5-6-10-20(19)28-24(32)34-15-16-7-3-2-4-8-16;/h2-14H,15H2,1H3,(H,28,32)(H2,26,27,29,31);1H. The van der Waals surface area contributed by atoms with Crippen LogP contribution in [0.15, 0.2) is 78.9 Å². The summed E-state index contributed by atoms with van der Waals surface area (Å²) in [4.78, 5) is 16.7. The Kier molecular flexibility index (Phi) is 9.05. The summed E-state index contributed by atoms with van der Waals surface area (Å²) in [6.07, 6.45) is -0.591. The highest BCUT2D eigenvalue weighted by Gasteiger charge is 2.12. The Morgan fingerprint density at radius 2 is 1.57 bits per heavy atom. The molecule has 1 amide bonds. The van der Waals surface area contributed by atoms with Gasteiger partial charge in [0, 0.05) is 5.69 Å². The molecule has 4 aromatic rings. The molecule has 0 unspecified atom stereocenters. The highest BCUT2D eigenvalue weighted by Crippen LogP contribution is 2.28. The van der Waals surface area contributed by atoms with E-state index in [-0.39, 0.29) is 35.9 Å². The minimum atomic E-state index is -0.591. The van der Waals surface area contributed by atoms with Crippen molar-refractivity contribution in [3.8, 4) is 5.75 Å². The lowest BCUT2D eigenvalue weighted by molar-refractivity contribution is 0.155. The van der Waals surface area contributed by atoms with Crippen LogP contribution in [0.1, 0.15) is 5.56 Å². The van der Waals surface area contributed by atoms with E-state index in [1.165, 1.54) is 0 Å². The fourth-order valence-electron chi connectivity index (χ4n) is 2.95. The molecule has 11 heteroatoms. The number of carbonyl (C=O) groups is 1. The van der Waals surface area contributed by atoms with E-state index in [2.05, 4.69) is 31.1 Å². The van der Waals surface area contributed by atoms with Gasteiger partial charge < -0.3 is 20.1 Å². The normalized spacial score (nSPS) is 10.0. The first-order valence-corrected chi connectivity index (χ1v) is 10.6. The molecular weight excluding hydrogens is 491 g/mol. The molecule has 0 atom stereocenters. The average Bonchev–Trinajstić information content (AvgIpc) is 2.87. The average molecular weight is 513 g/mol. The molecule has 180 valence electrons. The van der Waals surface area contributed by atoms with Gasteiger partial charge in [-0.1, -0.05) is 54.1 Å². The predicted octanol–water partition coefficient (Wildman–Crippen LogP) is 6.19. The number of nitrogens with zero attached hydrogens (tertiary/aromatic N) is 3.